The molecule has 170 valence electrons. The molecule has 0 aromatic heterocycles. The molecule has 2 N–H and O–H groups in total. The van der Waals surface area contributed by atoms with Gasteiger partial charge in [-0.15, -0.1) is 0 Å². The molecule has 1 heterocycles. The zero-order valence-electron chi connectivity index (χ0n) is 16.4. The summed E-state index contributed by atoms with van der Waals surface area (Å²) >= 11 is 5.16. The first-order valence-electron chi connectivity index (χ1n) is 9.14. The van der Waals surface area contributed by atoms with Crippen LogP contribution in [-0.4, -0.2) is 27.9 Å². The van der Waals surface area contributed by atoms with E-state index in [1.807, 2.05) is 0 Å². The first-order valence-corrected chi connectivity index (χ1v) is 9.55. The molecule has 1 atom stereocenters. The predicted molar refractivity (Wildman–Crippen MR) is 109 cm³/mol. The number of amides is 1. The third-order valence-electron chi connectivity index (χ3n) is 5.00. The van der Waals surface area contributed by atoms with Crippen LogP contribution in [0.3, 0.4) is 0 Å². The molecule has 1 unspecified atom stereocenters. The number of anilines is 1. The number of nitrogens with one attached hydrogen (secondary N) is 1. The van der Waals surface area contributed by atoms with Crippen molar-refractivity contribution in [3.8, 4) is 0 Å². The fourth-order valence-electron chi connectivity index (χ4n) is 3.26. The summed E-state index contributed by atoms with van der Waals surface area (Å²) in [6, 6.07) is 7.47. The largest absolute Gasteiger partial charge is 0.511 e. The number of thiocarbonyl (C=S) groups is 1. The van der Waals surface area contributed by atoms with Gasteiger partial charge in [0.1, 0.15) is 16.3 Å². The minimum absolute atomic E-state index is 0.0994. The highest BCUT2D eigenvalue weighted by molar-refractivity contribution is 7.81. The van der Waals surface area contributed by atoms with Crippen LogP contribution in [0.15, 0.2) is 59.9 Å². The van der Waals surface area contributed by atoms with Crippen LogP contribution in [0.1, 0.15) is 29.2 Å². The van der Waals surface area contributed by atoms with Gasteiger partial charge in [0.25, 0.3) is 5.91 Å². The molecule has 4 nitrogen and oxygen atoms in total. The number of hydrogen-bond donors (Lipinski definition) is 2. The Kier molecular flexibility index (Phi) is 6.23. The quantitative estimate of drug-likeness (QED) is 0.431. The van der Waals surface area contributed by atoms with Crippen LogP contribution in [0.4, 0.5) is 32.0 Å². The third kappa shape index (κ3) is 4.87. The van der Waals surface area contributed by atoms with Crippen molar-refractivity contribution in [2.45, 2.75) is 24.8 Å². The van der Waals surface area contributed by atoms with E-state index in [0.29, 0.717) is 5.56 Å². The molecule has 3 rings (SSSR count). The molecule has 0 fully saturated rings. The molecule has 2 aromatic rings. The van der Waals surface area contributed by atoms with Gasteiger partial charge in [0.15, 0.2) is 0 Å². The zero-order chi connectivity index (χ0) is 23.8. The average molecular weight is 474 g/mol. The van der Waals surface area contributed by atoms with Gasteiger partial charge in [-0.1, -0.05) is 24.4 Å². The van der Waals surface area contributed by atoms with Crippen molar-refractivity contribution in [2.24, 2.45) is 0 Å². The summed E-state index contributed by atoms with van der Waals surface area (Å²) in [4.78, 5) is 13.9. The van der Waals surface area contributed by atoms with Gasteiger partial charge in [-0.2, -0.15) is 26.3 Å². The highest BCUT2D eigenvalue weighted by Gasteiger charge is 2.36. The second-order valence-electron chi connectivity index (χ2n) is 7.11. The van der Waals surface area contributed by atoms with Gasteiger partial charge in [0.05, 0.1) is 17.2 Å². The molecule has 32 heavy (non-hydrogen) atoms. The number of alkyl halides is 6. The normalized spacial score (nSPS) is 17.5. The Morgan fingerprint density at radius 2 is 1.44 bits per heavy atom. The number of carbonyl (C=O) groups is 1. The predicted octanol–water partition coefficient (Wildman–Crippen LogP) is 5.88. The van der Waals surface area contributed by atoms with Crippen molar-refractivity contribution >= 4 is 28.8 Å². The zero-order valence-corrected chi connectivity index (χ0v) is 17.2. The van der Waals surface area contributed by atoms with Gasteiger partial charge in [-0.3, -0.25) is 4.79 Å². The van der Waals surface area contributed by atoms with Crippen molar-refractivity contribution < 1.29 is 36.2 Å². The Labute approximate surface area is 184 Å². The lowest BCUT2D eigenvalue weighted by Gasteiger charge is -2.34. The van der Waals surface area contributed by atoms with Crippen molar-refractivity contribution in [2.75, 3.05) is 12.4 Å². The number of nitrogens with zero attached hydrogens (tertiary/aromatic N) is 1. The monoisotopic (exact) mass is 474 g/mol. The van der Waals surface area contributed by atoms with Gasteiger partial charge in [0, 0.05) is 19.2 Å². The first-order chi connectivity index (χ1) is 14.8. The van der Waals surface area contributed by atoms with Crippen molar-refractivity contribution in [3.63, 3.8) is 0 Å². The minimum atomic E-state index is -4.50. The third-order valence-corrected chi connectivity index (χ3v) is 5.30. The standard InChI is InChI=1S/C21H16F6N2O2S/c1-29-15(11-2-4-12(5-3-11)20(22,23)24)10-16(30)17(19(29)31)18(32)28-14-8-6-13(7-9-14)21(25,26)27/h2-9,15,30H,10H2,1H3,(H,28,32). The summed E-state index contributed by atoms with van der Waals surface area (Å²) < 4.78 is 76.4. The van der Waals surface area contributed by atoms with Crippen LogP contribution in [0.5, 0.6) is 0 Å². The Bertz CT molecular complexity index is 1060. The highest BCUT2D eigenvalue weighted by Crippen LogP contribution is 2.36. The van der Waals surface area contributed by atoms with E-state index in [0.717, 1.165) is 36.4 Å². The van der Waals surface area contributed by atoms with Crippen LogP contribution in [0.25, 0.3) is 0 Å². The molecule has 0 radical (unpaired) electrons. The fraction of sp³-hybridized carbons (Fsp3) is 0.238. The van der Waals surface area contributed by atoms with Crippen molar-refractivity contribution in [3.05, 3.63) is 76.6 Å². The van der Waals surface area contributed by atoms with Gasteiger partial charge in [0.2, 0.25) is 0 Å². The molecule has 1 aliphatic rings. The molecule has 11 heteroatoms. The molecular formula is C21H16F6N2O2S. The number of likely N-dealkylation sites (N-methyl/N-ethyl adjacent to an activating group) is 1. The lowest BCUT2D eigenvalue weighted by Crippen LogP contribution is -2.40. The number of hydrogen-bond acceptors (Lipinski definition) is 3. The van der Waals surface area contributed by atoms with Crippen molar-refractivity contribution in [1.82, 2.24) is 4.90 Å². The number of benzene rings is 2. The number of carbonyl (C=O) groups excluding carboxylic acids is 1. The Hall–Kier alpha value is -3.08. The summed E-state index contributed by atoms with van der Waals surface area (Å²) in [6.07, 6.45) is -9.11. The number of aliphatic hydroxyl groups is 1. The molecule has 0 saturated carbocycles. The van der Waals surface area contributed by atoms with Crippen LogP contribution < -0.4 is 5.32 Å². The lowest BCUT2D eigenvalue weighted by atomic mass is 9.93. The molecule has 1 aliphatic heterocycles. The van der Waals surface area contributed by atoms with Gasteiger partial charge < -0.3 is 15.3 Å². The van der Waals surface area contributed by atoms with E-state index in [9.17, 15) is 36.2 Å². The Balaban J connectivity index is 1.80. The SMILES string of the molecule is CN1C(=O)C(C(=S)Nc2ccc(C(F)(F)F)cc2)=C(O)CC1c1ccc(C(F)(F)F)cc1. The summed E-state index contributed by atoms with van der Waals surface area (Å²) in [7, 11) is 1.41. The van der Waals surface area contributed by atoms with E-state index >= 15 is 0 Å². The van der Waals surface area contributed by atoms with E-state index in [2.05, 4.69) is 5.32 Å². The molecule has 2 aromatic carbocycles. The maximum absolute atomic E-state index is 12.8. The van der Waals surface area contributed by atoms with Crippen LogP contribution in [-0.2, 0) is 17.1 Å². The summed E-state index contributed by atoms with van der Waals surface area (Å²) in [5.74, 6) is -1.05. The van der Waals surface area contributed by atoms with Gasteiger partial charge in [-0.05, 0) is 42.0 Å². The van der Waals surface area contributed by atoms with E-state index in [-0.39, 0.29) is 28.4 Å². The maximum atomic E-state index is 12.8. The van der Waals surface area contributed by atoms with Crippen LogP contribution >= 0.6 is 12.2 Å². The molecule has 0 aliphatic carbocycles. The fourth-order valence-corrected chi connectivity index (χ4v) is 3.59. The Morgan fingerprint density at radius 1 is 0.969 bits per heavy atom. The van der Waals surface area contributed by atoms with Crippen molar-refractivity contribution in [1.29, 1.82) is 0 Å². The molecule has 0 bridgehead atoms. The average Bonchev–Trinajstić information content (AvgIpc) is 2.70. The number of halogens is 6. The lowest BCUT2D eigenvalue weighted by molar-refractivity contribution is -0.138. The Morgan fingerprint density at radius 3 is 1.91 bits per heavy atom. The number of rotatable bonds is 3. The molecule has 0 spiro atoms. The second kappa shape index (κ2) is 8.45. The van der Waals surface area contributed by atoms with Crippen LogP contribution in [0.2, 0.25) is 0 Å². The summed E-state index contributed by atoms with van der Waals surface area (Å²) in [5, 5.41) is 13.1. The second-order valence-corrected chi connectivity index (χ2v) is 7.51. The first kappa shape index (κ1) is 23.6. The molecular weight excluding hydrogens is 458 g/mol. The molecule has 1 amide bonds. The van der Waals surface area contributed by atoms with Crippen LogP contribution in [0, 0.1) is 0 Å². The molecule has 0 saturated heterocycles. The van der Waals surface area contributed by atoms with Gasteiger partial charge in [-0.25, -0.2) is 0 Å². The number of aliphatic hydroxyl groups excluding tert-OH is 1. The van der Waals surface area contributed by atoms with E-state index in [4.69, 9.17) is 12.2 Å². The topological polar surface area (TPSA) is 52.6 Å². The minimum Gasteiger partial charge on any atom is -0.511 e. The highest BCUT2D eigenvalue weighted by atomic mass is 32.1. The summed E-state index contributed by atoms with van der Waals surface area (Å²) in [5.41, 5.74) is -1.35. The summed E-state index contributed by atoms with van der Waals surface area (Å²) in [6.45, 7) is 0. The smallest absolute Gasteiger partial charge is 0.416 e. The van der Waals surface area contributed by atoms with Gasteiger partial charge >= 0.3 is 12.4 Å². The van der Waals surface area contributed by atoms with E-state index in [1.54, 1.807) is 0 Å². The van der Waals surface area contributed by atoms with E-state index in [1.165, 1.54) is 24.1 Å². The maximum Gasteiger partial charge on any atom is 0.416 e. The van der Waals surface area contributed by atoms with E-state index < -0.39 is 35.4 Å².